The van der Waals surface area contributed by atoms with E-state index in [9.17, 15) is 0 Å². The quantitative estimate of drug-likeness (QED) is 0.109. The highest BCUT2D eigenvalue weighted by atomic mass is 32.1. The second-order valence-electron chi connectivity index (χ2n) is 37.1. The van der Waals surface area contributed by atoms with E-state index in [0.29, 0.717) is 52.8 Å². The third-order valence-electron chi connectivity index (χ3n) is 27.1. The lowest BCUT2D eigenvalue weighted by Crippen LogP contribution is -2.10. The molecule has 0 fully saturated rings. The number of rotatable bonds is 13. The van der Waals surface area contributed by atoms with Crippen LogP contribution in [-0.4, -0.2) is 63.5 Å². The summed E-state index contributed by atoms with van der Waals surface area (Å²) < 4.78 is 14.2. The molecule has 0 saturated carbocycles. The molecule has 0 aliphatic carbocycles. The summed E-state index contributed by atoms with van der Waals surface area (Å²) in [6.45, 7) is 8.99. The zero-order valence-electron chi connectivity index (χ0n) is 78.2. The Balaban J connectivity index is 0.000000110. The van der Waals surface area contributed by atoms with Crippen molar-refractivity contribution in [2.75, 3.05) is 0 Å². The first-order valence-electron chi connectivity index (χ1n) is 47.9. The topological polar surface area (TPSA) is 144 Å². The highest BCUT2D eigenvalue weighted by molar-refractivity contribution is 7.27. The van der Waals surface area contributed by atoms with Crippen LogP contribution in [0.4, 0.5) is 0 Å². The zero-order chi connectivity index (χ0) is 95.3. The van der Waals surface area contributed by atoms with Crippen molar-refractivity contribution in [3.63, 3.8) is 0 Å². The molecule has 0 atom stereocenters. The van der Waals surface area contributed by atoms with Gasteiger partial charge in [0.2, 0.25) is 17.8 Å². The number of nitrogens with zero attached hydrogens (tertiary/aromatic N) is 13. The van der Waals surface area contributed by atoms with Gasteiger partial charge in [-0.3, -0.25) is 18.7 Å². The van der Waals surface area contributed by atoms with Crippen LogP contribution in [0.25, 0.3) is 257 Å². The van der Waals surface area contributed by atoms with Gasteiger partial charge < -0.3 is 0 Å². The Morgan fingerprint density at radius 2 is 0.469 bits per heavy atom. The van der Waals surface area contributed by atoms with Crippen LogP contribution in [-0.2, 0) is 5.41 Å². The van der Waals surface area contributed by atoms with E-state index in [4.69, 9.17) is 44.9 Å². The van der Waals surface area contributed by atoms with Crippen LogP contribution in [0.15, 0.2) is 443 Å². The molecule has 143 heavy (non-hydrogen) atoms. The van der Waals surface area contributed by atoms with Crippen molar-refractivity contribution in [3.05, 3.63) is 454 Å². The highest BCUT2D eigenvalue weighted by Crippen LogP contribution is 2.50. The van der Waals surface area contributed by atoms with Gasteiger partial charge in [0, 0.05) is 124 Å². The molecule has 10 aromatic heterocycles. The summed E-state index contributed by atoms with van der Waals surface area (Å²) in [4.78, 5) is 50.8. The zero-order valence-corrected chi connectivity index (χ0v) is 80.6. The maximum atomic E-state index is 5.20. The minimum absolute atomic E-state index is 0.0574. The van der Waals surface area contributed by atoms with Crippen LogP contribution in [0.3, 0.4) is 0 Å². The molecule has 0 amide bonds. The monoisotopic (exact) mass is 1890 g/mol. The maximum Gasteiger partial charge on any atom is 0.238 e. The van der Waals surface area contributed by atoms with Crippen molar-refractivity contribution in [1.82, 2.24) is 63.5 Å². The van der Waals surface area contributed by atoms with E-state index in [-0.39, 0.29) is 5.41 Å². The van der Waals surface area contributed by atoms with Gasteiger partial charge in [0.1, 0.15) is 0 Å². The van der Waals surface area contributed by atoms with Crippen LogP contribution in [0.5, 0.6) is 0 Å². The molecule has 18 aromatic carbocycles. The Labute approximate surface area is 835 Å². The molecular formula is C127H85N13S3. The van der Waals surface area contributed by atoms with Gasteiger partial charge in [-0.15, -0.1) is 34.0 Å². The molecule has 0 aliphatic heterocycles. The Hall–Kier alpha value is -17.8. The Morgan fingerprint density at radius 3 is 0.776 bits per heavy atom. The van der Waals surface area contributed by atoms with Crippen LogP contribution in [0.2, 0.25) is 0 Å². The minimum atomic E-state index is 0.0574. The van der Waals surface area contributed by atoms with E-state index < -0.39 is 0 Å². The average molecular weight is 1890 g/mol. The molecule has 0 aliphatic rings. The standard InChI is InChI=1S/C44H27N5S.C43H32N4S.C40H26N4S/c1-4-12-28(13-5-1)31-19-23-38-35(26-31)33-21-22-34-36-27-32(37-18-10-11-25-45-37)20-24-39(36)50-41(34)40(33)49(38)44-47-42(29-14-6-2-7-15-29)46-43(48-44)30-16-8-3-9-17-30;1-43(2,3)31-20-24-37-35(26-31)33-22-21-32-34-25-30(27-13-7-4-8-14-27)19-23-36(34)47(38(32)39(33)48-37)42-45-40(28-15-9-5-10-16-28)44-41(46-42)29-17-11-6-12-18-29;1-25-17-22-35-33(23-25)31-20-19-30-32-24-29(26-11-5-2-6-12-26)18-21-34(32)44(36(30)37(31)45-35)40-42-38(27-13-7-3-8-14-27)41-39(43-40)28-15-9-4-10-16-28/h1-27H;4-26H,1-3H3;2-24H,1H3. The third-order valence-corrected chi connectivity index (χ3v) is 30.6. The van der Waals surface area contributed by atoms with E-state index in [0.717, 1.165) is 88.5 Å². The predicted molar refractivity (Wildman–Crippen MR) is 597 cm³/mol. The second-order valence-corrected chi connectivity index (χ2v) is 40.2. The smallest absolute Gasteiger partial charge is 0.238 e. The van der Waals surface area contributed by atoms with Crippen molar-refractivity contribution >= 4 is 160 Å². The van der Waals surface area contributed by atoms with Gasteiger partial charge in [0.25, 0.3) is 0 Å². The molecule has 28 rings (SSSR count). The molecule has 0 N–H and O–H groups in total. The van der Waals surface area contributed by atoms with Crippen molar-refractivity contribution in [1.29, 1.82) is 0 Å². The lowest BCUT2D eigenvalue weighted by molar-refractivity contribution is 0.591. The third kappa shape index (κ3) is 15.6. The maximum absolute atomic E-state index is 5.20. The van der Waals surface area contributed by atoms with Crippen molar-refractivity contribution in [2.24, 2.45) is 0 Å². The van der Waals surface area contributed by atoms with E-state index >= 15 is 0 Å². The molecule has 13 nitrogen and oxygen atoms in total. The predicted octanol–water partition coefficient (Wildman–Crippen LogP) is 33.7. The van der Waals surface area contributed by atoms with E-state index in [2.05, 4.69) is 362 Å². The normalized spacial score (nSPS) is 11.8. The fourth-order valence-corrected chi connectivity index (χ4v) is 23.7. The lowest BCUT2D eigenvalue weighted by atomic mass is 9.86. The summed E-state index contributed by atoms with van der Waals surface area (Å²) in [6.07, 6.45) is 1.85. The van der Waals surface area contributed by atoms with Crippen LogP contribution < -0.4 is 0 Å². The van der Waals surface area contributed by atoms with Gasteiger partial charge in [-0.05, 0) is 136 Å². The number of hydrogen-bond acceptors (Lipinski definition) is 13. The molecule has 0 bridgehead atoms. The average Bonchev–Trinajstić information content (AvgIpc) is 1.56. The highest BCUT2D eigenvalue weighted by Gasteiger charge is 2.29. The molecule has 0 unspecified atom stereocenters. The SMILES string of the molecule is CC(C)(C)c1ccc2sc3c(ccc4c5cc(-c6ccccc6)ccc5n(-c5nc(-c6ccccc6)nc(-c6ccccc6)n5)c43)c2c1.Cc1ccc2sc3c(ccc4c5cc(-c6ccccc6)ccc5n(-c5nc(-c6ccccc6)nc(-c6ccccc6)n5)c43)c2c1.c1ccc(-c2ccc3c(c2)c2ccc4c5cc(-c6ccccn6)ccc5sc4c2n3-c2nc(-c3ccccc3)nc(-c3ccccc3)n2)cc1. The first-order chi connectivity index (χ1) is 70.4. The summed E-state index contributed by atoms with van der Waals surface area (Å²) in [5.74, 6) is 5.66. The van der Waals surface area contributed by atoms with E-state index in [1.165, 1.54) is 127 Å². The summed E-state index contributed by atoms with van der Waals surface area (Å²) in [5, 5.41) is 14.5. The minimum Gasteiger partial charge on any atom is -0.276 e. The van der Waals surface area contributed by atoms with Crippen molar-refractivity contribution in [3.8, 4) is 131 Å². The summed E-state index contributed by atoms with van der Waals surface area (Å²) in [7, 11) is 0. The molecule has 676 valence electrons. The lowest BCUT2D eigenvalue weighted by Gasteiger charge is -2.18. The van der Waals surface area contributed by atoms with Gasteiger partial charge in [-0.25, -0.2) is 15.0 Å². The fourth-order valence-electron chi connectivity index (χ4n) is 20.0. The Kier molecular flexibility index (Phi) is 21.3. The number of hydrogen-bond donors (Lipinski definition) is 0. The molecule has 0 saturated heterocycles. The molecule has 10 heterocycles. The van der Waals surface area contributed by atoms with Gasteiger partial charge in [-0.2, -0.15) is 29.9 Å². The Morgan fingerprint density at radius 1 is 0.203 bits per heavy atom. The molecule has 0 spiro atoms. The van der Waals surface area contributed by atoms with E-state index in [1.807, 2.05) is 162 Å². The number of pyridine rings is 1. The van der Waals surface area contributed by atoms with Gasteiger partial charge in [-0.1, -0.05) is 378 Å². The second kappa shape index (κ2) is 35.6. The van der Waals surface area contributed by atoms with Gasteiger partial charge in [0.05, 0.1) is 52.9 Å². The van der Waals surface area contributed by atoms with Crippen molar-refractivity contribution < 1.29 is 0 Å². The number of aryl methyl sites for hydroxylation is 1. The van der Waals surface area contributed by atoms with E-state index in [1.54, 1.807) is 0 Å². The number of benzene rings is 18. The number of thiophene rings is 3. The van der Waals surface area contributed by atoms with Gasteiger partial charge in [0.15, 0.2) is 34.9 Å². The molecular weight excluding hydrogens is 1800 g/mol. The first-order valence-corrected chi connectivity index (χ1v) is 50.3. The molecule has 0 radical (unpaired) electrons. The van der Waals surface area contributed by atoms with Crippen LogP contribution >= 0.6 is 34.0 Å². The first kappa shape index (κ1) is 85.6. The molecule has 28 aromatic rings. The molecule has 16 heteroatoms. The summed E-state index contributed by atoms with van der Waals surface area (Å²) in [6, 6.07) is 153. The number of fused-ring (bicyclic) bond motifs is 21. The van der Waals surface area contributed by atoms with Crippen LogP contribution in [0.1, 0.15) is 31.9 Å². The number of aromatic nitrogens is 13. The van der Waals surface area contributed by atoms with Crippen molar-refractivity contribution in [2.45, 2.75) is 33.1 Å². The summed E-state index contributed by atoms with van der Waals surface area (Å²) >= 11 is 5.49. The Bertz CT molecular complexity index is 9620. The summed E-state index contributed by atoms with van der Waals surface area (Å²) in [5.41, 5.74) is 24.0. The van der Waals surface area contributed by atoms with Crippen LogP contribution in [0, 0.1) is 6.92 Å². The van der Waals surface area contributed by atoms with Gasteiger partial charge >= 0.3 is 0 Å². The largest absolute Gasteiger partial charge is 0.276 e. The fraction of sp³-hybridized carbons (Fsp3) is 0.0394.